The first kappa shape index (κ1) is 15.3. The minimum absolute atomic E-state index is 0.0827. The van der Waals surface area contributed by atoms with Gasteiger partial charge in [0.05, 0.1) is 6.42 Å². The molecule has 3 N–H and O–H groups in total. The number of rotatable bonds is 5. The predicted octanol–water partition coefficient (Wildman–Crippen LogP) is 0.744. The Labute approximate surface area is 111 Å². The van der Waals surface area contributed by atoms with E-state index in [1.807, 2.05) is 13.8 Å². The van der Waals surface area contributed by atoms with Crippen LogP contribution in [-0.2, 0) is 9.59 Å². The number of aliphatic carboxylic acids is 2. The first-order chi connectivity index (χ1) is 8.82. The maximum absolute atomic E-state index is 12.0. The first-order valence-electron chi connectivity index (χ1n) is 6.34. The Morgan fingerprint density at radius 2 is 1.95 bits per heavy atom. The molecule has 1 fully saturated rings. The Hall–Kier alpha value is -1.79. The molecule has 1 saturated heterocycles. The molecule has 0 spiro atoms. The highest BCUT2D eigenvalue weighted by Crippen LogP contribution is 2.23. The van der Waals surface area contributed by atoms with E-state index in [1.165, 1.54) is 0 Å². The van der Waals surface area contributed by atoms with Crippen molar-refractivity contribution in [3.63, 3.8) is 0 Å². The van der Waals surface area contributed by atoms with Crippen LogP contribution >= 0.6 is 0 Å². The van der Waals surface area contributed by atoms with E-state index in [0.717, 1.165) is 12.8 Å². The van der Waals surface area contributed by atoms with Crippen molar-refractivity contribution >= 4 is 18.0 Å². The molecule has 7 heteroatoms. The van der Waals surface area contributed by atoms with Crippen molar-refractivity contribution < 1.29 is 24.6 Å². The molecular formula is C12H20N2O5. The molecular weight excluding hydrogens is 252 g/mol. The second-order valence-corrected chi connectivity index (χ2v) is 5.09. The summed E-state index contributed by atoms with van der Waals surface area (Å²) < 4.78 is 0. The zero-order valence-corrected chi connectivity index (χ0v) is 11.1. The minimum atomic E-state index is -1.39. The van der Waals surface area contributed by atoms with E-state index in [9.17, 15) is 14.4 Å². The average molecular weight is 272 g/mol. The fraction of sp³-hybridized carbons (Fsp3) is 0.750. The zero-order valence-electron chi connectivity index (χ0n) is 11.1. The summed E-state index contributed by atoms with van der Waals surface area (Å²) in [5.74, 6) is -2.30. The Morgan fingerprint density at radius 1 is 1.32 bits per heavy atom. The average Bonchev–Trinajstić information content (AvgIpc) is 2.76. The fourth-order valence-electron chi connectivity index (χ4n) is 2.34. The molecule has 1 heterocycles. The second kappa shape index (κ2) is 6.40. The molecule has 0 radical (unpaired) electrons. The van der Waals surface area contributed by atoms with E-state index in [2.05, 4.69) is 5.32 Å². The molecule has 19 heavy (non-hydrogen) atoms. The van der Waals surface area contributed by atoms with Gasteiger partial charge in [-0.1, -0.05) is 13.8 Å². The summed E-state index contributed by atoms with van der Waals surface area (Å²) >= 11 is 0. The Kier molecular flexibility index (Phi) is 5.14. The quantitative estimate of drug-likeness (QED) is 0.684. The number of hydrogen-bond acceptors (Lipinski definition) is 3. The van der Waals surface area contributed by atoms with Gasteiger partial charge in [-0.2, -0.15) is 0 Å². The smallest absolute Gasteiger partial charge is 0.326 e. The van der Waals surface area contributed by atoms with Crippen LogP contribution in [0.4, 0.5) is 4.79 Å². The summed E-state index contributed by atoms with van der Waals surface area (Å²) in [6, 6.07) is -1.80. The van der Waals surface area contributed by atoms with Crippen LogP contribution in [0.25, 0.3) is 0 Å². The largest absolute Gasteiger partial charge is 0.481 e. The number of hydrogen-bond donors (Lipinski definition) is 3. The van der Waals surface area contributed by atoms with Gasteiger partial charge >= 0.3 is 18.0 Å². The third-order valence-corrected chi connectivity index (χ3v) is 3.30. The molecule has 0 saturated carbocycles. The summed E-state index contributed by atoms with van der Waals surface area (Å²) in [7, 11) is 0. The molecule has 1 aliphatic heterocycles. The molecule has 2 atom stereocenters. The van der Waals surface area contributed by atoms with Gasteiger partial charge in [-0.05, 0) is 18.8 Å². The standard InChI is InChI=1S/C12H20N2O5/c1-7(2)9-4-3-5-14(9)12(19)13-8(11(17)18)6-10(15)16/h7-9H,3-6H2,1-2H3,(H,13,19)(H,15,16)(H,17,18)/t8-,9?/m1/s1. The van der Waals surface area contributed by atoms with Crippen LogP contribution in [0.1, 0.15) is 33.1 Å². The van der Waals surface area contributed by atoms with Gasteiger partial charge in [-0.3, -0.25) is 4.79 Å². The monoisotopic (exact) mass is 272 g/mol. The summed E-state index contributed by atoms with van der Waals surface area (Å²) in [5, 5.41) is 19.8. The van der Waals surface area contributed by atoms with Crippen molar-refractivity contribution in [1.82, 2.24) is 10.2 Å². The molecule has 1 aliphatic rings. The van der Waals surface area contributed by atoms with Gasteiger partial charge in [0.25, 0.3) is 0 Å². The van der Waals surface area contributed by atoms with E-state index < -0.39 is 30.4 Å². The number of urea groups is 1. The minimum Gasteiger partial charge on any atom is -0.481 e. The van der Waals surface area contributed by atoms with Gasteiger partial charge in [0, 0.05) is 12.6 Å². The van der Waals surface area contributed by atoms with Gasteiger partial charge in [0.2, 0.25) is 0 Å². The van der Waals surface area contributed by atoms with E-state index in [4.69, 9.17) is 10.2 Å². The van der Waals surface area contributed by atoms with Crippen molar-refractivity contribution in [3.05, 3.63) is 0 Å². The number of amides is 2. The molecule has 0 aromatic rings. The van der Waals surface area contributed by atoms with Crippen molar-refractivity contribution in [1.29, 1.82) is 0 Å². The van der Waals surface area contributed by atoms with E-state index >= 15 is 0 Å². The lowest BCUT2D eigenvalue weighted by molar-refractivity contribution is -0.145. The van der Waals surface area contributed by atoms with Crippen LogP contribution in [-0.4, -0.2) is 51.7 Å². The molecule has 2 amide bonds. The van der Waals surface area contributed by atoms with Crippen molar-refractivity contribution in [3.8, 4) is 0 Å². The van der Waals surface area contributed by atoms with Gasteiger partial charge in [-0.25, -0.2) is 9.59 Å². The topological polar surface area (TPSA) is 107 Å². The Morgan fingerprint density at radius 3 is 2.42 bits per heavy atom. The van der Waals surface area contributed by atoms with Crippen molar-refractivity contribution in [2.24, 2.45) is 5.92 Å². The van der Waals surface area contributed by atoms with Crippen molar-refractivity contribution in [2.45, 2.75) is 45.2 Å². The maximum atomic E-state index is 12.0. The number of carbonyl (C=O) groups excluding carboxylic acids is 1. The molecule has 0 aromatic heterocycles. The normalized spacial score (nSPS) is 20.4. The number of likely N-dealkylation sites (tertiary alicyclic amines) is 1. The third kappa shape index (κ3) is 4.11. The number of nitrogens with zero attached hydrogens (tertiary/aromatic N) is 1. The predicted molar refractivity (Wildman–Crippen MR) is 66.8 cm³/mol. The maximum Gasteiger partial charge on any atom is 0.326 e. The molecule has 1 unspecified atom stereocenters. The molecule has 1 rings (SSSR count). The van der Waals surface area contributed by atoms with Crippen molar-refractivity contribution in [2.75, 3.05) is 6.54 Å². The summed E-state index contributed by atoms with van der Waals surface area (Å²) in [5.41, 5.74) is 0. The van der Waals surface area contributed by atoms with Crippen LogP contribution in [0.3, 0.4) is 0 Å². The molecule has 7 nitrogen and oxygen atoms in total. The van der Waals surface area contributed by atoms with Gasteiger partial charge < -0.3 is 20.4 Å². The van der Waals surface area contributed by atoms with Crippen LogP contribution in [0.2, 0.25) is 0 Å². The van der Waals surface area contributed by atoms with Gasteiger partial charge in [-0.15, -0.1) is 0 Å². The highest BCUT2D eigenvalue weighted by Gasteiger charge is 2.33. The van der Waals surface area contributed by atoms with Crippen LogP contribution in [0, 0.1) is 5.92 Å². The van der Waals surface area contributed by atoms with E-state index in [-0.39, 0.29) is 12.0 Å². The summed E-state index contributed by atoms with van der Waals surface area (Å²) in [6.45, 7) is 4.58. The number of carboxylic acids is 2. The summed E-state index contributed by atoms with van der Waals surface area (Å²) in [4.78, 5) is 35.1. The number of nitrogens with one attached hydrogen (secondary N) is 1. The Balaban J connectivity index is 2.66. The molecule has 0 aromatic carbocycles. The van der Waals surface area contributed by atoms with E-state index in [0.29, 0.717) is 6.54 Å². The summed E-state index contributed by atoms with van der Waals surface area (Å²) in [6.07, 6.45) is 1.15. The first-order valence-corrected chi connectivity index (χ1v) is 6.34. The lowest BCUT2D eigenvalue weighted by Crippen LogP contribution is -2.51. The lowest BCUT2D eigenvalue weighted by Gasteiger charge is -2.28. The van der Waals surface area contributed by atoms with Crippen LogP contribution in [0.5, 0.6) is 0 Å². The third-order valence-electron chi connectivity index (χ3n) is 3.30. The van der Waals surface area contributed by atoms with Crippen LogP contribution < -0.4 is 5.32 Å². The molecule has 0 aliphatic carbocycles. The SMILES string of the molecule is CC(C)C1CCCN1C(=O)N[C@H](CC(=O)O)C(=O)O. The lowest BCUT2D eigenvalue weighted by atomic mass is 10.0. The second-order valence-electron chi connectivity index (χ2n) is 5.09. The van der Waals surface area contributed by atoms with Gasteiger partial charge in [0.15, 0.2) is 0 Å². The number of carboxylic acid groups (broad SMARTS) is 2. The molecule has 0 bridgehead atoms. The van der Waals surface area contributed by atoms with Crippen LogP contribution in [0.15, 0.2) is 0 Å². The van der Waals surface area contributed by atoms with Gasteiger partial charge in [0.1, 0.15) is 6.04 Å². The highest BCUT2D eigenvalue weighted by atomic mass is 16.4. The Bertz CT molecular complexity index is 369. The fourth-order valence-corrected chi connectivity index (χ4v) is 2.34. The van der Waals surface area contributed by atoms with E-state index in [1.54, 1.807) is 4.90 Å². The molecule has 108 valence electrons. The number of carbonyl (C=O) groups is 3. The zero-order chi connectivity index (χ0) is 14.6. The highest BCUT2D eigenvalue weighted by molar-refractivity contribution is 5.86.